The van der Waals surface area contributed by atoms with Crippen LogP contribution in [0, 0.1) is 0 Å². The van der Waals surface area contributed by atoms with Crippen LogP contribution in [0.15, 0.2) is 0 Å². The molecule has 0 rings (SSSR count). The van der Waals surface area contributed by atoms with Crippen LogP contribution in [0.25, 0.3) is 0 Å². The van der Waals surface area contributed by atoms with Gasteiger partial charge >= 0.3 is 0 Å². The molecule has 0 aromatic carbocycles. The van der Waals surface area contributed by atoms with E-state index in [9.17, 15) is 4.79 Å². The Morgan fingerprint density at radius 1 is 1.23 bits per heavy atom. The van der Waals surface area contributed by atoms with Crippen molar-refractivity contribution in [3.63, 3.8) is 0 Å². The van der Waals surface area contributed by atoms with Crippen molar-refractivity contribution in [1.82, 2.24) is 4.90 Å². The van der Waals surface area contributed by atoms with Gasteiger partial charge in [-0.25, -0.2) is 0 Å². The lowest BCUT2D eigenvalue weighted by molar-refractivity contribution is -0.108. The fourth-order valence-electron chi connectivity index (χ4n) is 1.41. The maximum absolute atomic E-state index is 10.2. The summed E-state index contributed by atoms with van der Waals surface area (Å²) in [4.78, 5) is 12.6. The first kappa shape index (κ1) is 12.6. The lowest BCUT2D eigenvalue weighted by atomic mass is 10.2. The molecule has 0 aromatic rings. The lowest BCUT2D eigenvalue weighted by Crippen LogP contribution is -2.32. The summed E-state index contributed by atoms with van der Waals surface area (Å²) in [5, 5.41) is 0. The molecule has 2 nitrogen and oxygen atoms in total. The number of nitrogens with zero attached hydrogens (tertiary/aromatic N) is 1. The molecule has 0 fully saturated rings. The standard InChI is InChI=1S/C11H23NO/c1-4-5-6-8-12(11(2)3)9-7-10-13/h10-11H,4-9H2,1-3H3. The number of carbonyl (C=O) groups excluding carboxylic acids is 1. The highest BCUT2D eigenvalue weighted by Gasteiger charge is 2.07. The van der Waals surface area contributed by atoms with Gasteiger partial charge < -0.3 is 9.69 Å². The Balaban J connectivity index is 3.60. The van der Waals surface area contributed by atoms with Crippen LogP contribution in [0.1, 0.15) is 46.5 Å². The predicted octanol–water partition coefficient (Wildman–Crippen LogP) is 2.48. The Morgan fingerprint density at radius 3 is 2.38 bits per heavy atom. The van der Waals surface area contributed by atoms with Crippen molar-refractivity contribution in [2.24, 2.45) is 0 Å². The average molecular weight is 185 g/mol. The van der Waals surface area contributed by atoms with Crippen molar-refractivity contribution in [1.29, 1.82) is 0 Å². The van der Waals surface area contributed by atoms with Crippen LogP contribution in [-0.4, -0.2) is 30.3 Å². The van der Waals surface area contributed by atoms with Gasteiger partial charge in [0.05, 0.1) is 0 Å². The van der Waals surface area contributed by atoms with E-state index >= 15 is 0 Å². The summed E-state index contributed by atoms with van der Waals surface area (Å²) >= 11 is 0. The first-order chi connectivity index (χ1) is 6.22. The normalized spacial score (nSPS) is 11.2. The molecule has 13 heavy (non-hydrogen) atoms. The van der Waals surface area contributed by atoms with E-state index in [4.69, 9.17) is 0 Å². The van der Waals surface area contributed by atoms with Gasteiger partial charge in [-0.2, -0.15) is 0 Å². The van der Waals surface area contributed by atoms with Crippen molar-refractivity contribution in [3.8, 4) is 0 Å². The molecule has 0 aromatic heterocycles. The summed E-state index contributed by atoms with van der Waals surface area (Å²) < 4.78 is 0. The van der Waals surface area contributed by atoms with Gasteiger partial charge in [0.25, 0.3) is 0 Å². The van der Waals surface area contributed by atoms with E-state index in [-0.39, 0.29) is 0 Å². The van der Waals surface area contributed by atoms with Gasteiger partial charge in [0, 0.05) is 19.0 Å². The zero-order valence-electron chi connectivity index (χ0n) is 9.25. The molecule has 0 atom stereocenters. The molecule has 78 valence electrons. The molecular weight excluding hydrogens is 162 g/mol. The predicted molar refractivity (Wildman–Crippen MR) is 56.9 cm³/mol. The highest BCUT2D eigenvalue weighted by atomic mass is 16.1. The zero-order valence-corrected chi connectivity index (χ0v) is 9.25. The van der Waals surface area contributed by atoms with Gasteiger partial charge in [-0.05, 0) is 26.8 Å². The quantitative estimate of drug-likeness (QED) is 0.428. The number of unbranched alkanes of at least 4 members (excludes halogenated alkanes) is 2. The van der Waals surface area contributed by atoms with Gasteiger partial charge in [0.1, 0.15) is 6.29 Å². The van der Waals surface area contributed by atoms with Crippen molar-refractivity contribution >= 4 is 6.29 Å². The summed E-state index contributed by atoms with van der Waals surface area (Å²) in [6.07, 6.45) is 5.50. The monoisotopic (exact) mass is 185 g/mol. The minimum absolute atomic E-state index is 0.566. The van der Waals surface area contributed by atoms with Crippen molar-refractivity contribution in [2.45, 2.75) is 52.5 Å². The Kier molecular flexibility index (Phi) is 8.00. The third kappa shape index (κ3) is 6.76. The highest BCUT2D eigenvalue weighted by Crippen LogP contribution is 2.03. The molecule has 0 unspecified atom stereocenters. The fraction of sp³-hybridized carbons (Fsp3) is 0.909. The Hall–Kier alpha value is -0.370. The molecule has 2 heteroatoms. The van der Waals surface area contributed by atoms with E-state index < -0.39 is 0 Å². The first-order valence-corrected chi connectivity index (χ1v) is 5.40. The molecule has 0 aliphatic carbocycles. The van der Waals surface area contributed by atoms with Crippen LogP contribution < -0.4 is 0 Å². The minimum Gasteiger partial charge on any atom is -0.303 e. The highest BCUT2D eigenvalue weighted by molar-refractivity contribution is 5.49. The topological polar surface area (TPSA) is 20.3 Å². The van der Waals surface area contributed by atoms with Crippen LogP contribution in [0.2, 0.25) is 0 Å². The van der Waals surface area contributed by atoms with Crippen molar-refractivity contribution in [2.75, 3.05) is 13.1 Å². The smallest absolute Gasteiger partial charge is 0.121 e. The van der Waals surface area contributed by atoms with Crippen LogP contribution in [0.5, 0.6) is 0 Å². The van der Waals surface area contributed by atoms with E-state index in [2.05, 4.69) is 25.7 Å². The maximum Gasteiger partial charge on any atom is 0.121 e. The molecule has 0 N–H and O–H groups in total. The third-order valence-electron chi connectivity index (χ3n) is 2.31. The van der Waals surface area contributed by atoms with Crippen molar-refractivity contribution < 1.29 is 4.79 Å². The van der Waals surface area contributed by atoms with Crippen molar-refractivity contribution in [3.05, 3.63) is 0 Å². The van der Waals surface area contributed by atoms with Crippen LogP contribution >= 0.6 is 0 Å². The average Bonchev–Trinajstić information content (AvgIpc) is 2.10. The van der Waals surface area contributed by atoms with Gasteiger partial charge in [-0.3, -0.25) is 0 Å². The second-order valence-electron chi connectivity index (χ2n) is 3.79. The first-order valence-electron chi connectivity index (χ1n) is 5.40. The molecule has 0 saturated carbocycles. The molecule has 0 aliphatic rings. The van der Waals surface area contributed by atoms with E-state index in [1.54, 1.807) is 0 Å². The summed E-state index contributed by atoms with van der Waals surface area (Å²) in [7, 11) is 0. The molecular formula is C11H23NO. The molecule has 0 bridgehead atoms. The third-order valence-corrected chi connectivity index (χ3v) is 2.31. The molecule has 0 saturated heterocycles. The van der Waals surface area contributed by atoms with Gasteiger partial charge in [-0.1, -0.05) is 19.8 Å². The largest absolute Gasteiger partial charge is 0.303 e. The van der Waals surface area contributed by atoms with E-state index in [1.165, 1.54) is 19.3 Å². The Labute approximate surface area is 82.3 Å². The number of carbonyl (C=O) groups is 1. The summed E-state index contributed by atoms with van der Waals surface area (Å²) in [5.74, 6) is 0. The number of hydrogen-bond donors (Lipinski definition) is 0. The van der Waals surface area contributed by atoms with Crippen LogP contribution in [-0.2, 0) is 4.79 Å². The second kappa shape index (κ2) is 8.24. The maximum atomic E-state index is 10.2. The molecule has 0 aliphatic heterocycles. The summed E-state index contributed by atoms with van der Waals surface area (Å²) in [6.45, 7) is 8.66. The Morgan fingerprint density at radius 2 is 1.92 bits per heavy atom. The lowest BCUT2D eigenvalue weighted by Gasteiger charge is -2.25. The van der Waals surface area contributed by atoms with E-state index in [0.29, 0.717) is 12.5 Å². The SMILES string of the molecule is CCCCCN(CCC=O)C(C)C. The Bertz CT molecular complexity index is 123. The minimum atomic E-state index is 0.566. The second-order valence-corrected chi connectivity index (χ2v) is 3.79. The van der Waals surface area contributed by atoms with E-state index in [1.807, 2.05) is 0 Å². The number of hydrogen-bond acceptors (Lipinski definition) is 2. The van der Waals surface area contributed by atoms with Gasteiger partial charge in [0.2, 0.25) is 0 Å². The zero-order chi connectivity index (χ0) is 10.1. The van der Waals surface area contributed by atoms with Crippen LogP contribution in [0.4, 0.5) is 0 Å². The fourth-order valence-corrected chi connectivity index (χ4v) is 1.41. The molecule has 0 spiro atoms. The number of rotatable bonds is 8. The van der Waals surface area contributed by atoms with Gasteiger partial charge in [-0.15, -0.1) is 0 Å². The molecule has 0 heterocycles. The molecule has 0 amide bonds. The van der Waals surface area contributed by atoms with E-state index in [0.717, 1.165) is 19.4 Å². The van der Waals surface area contributed by atoms with Crippen LogP contribution in [0.3, 0.4) is 0 Å². The molecule has 0 radical (unpaired) electrons. The number of aldehydes is 1. The summed E-state index contributed by atoms with van der Waals surface area (Å²) in [6, 6.07) is 0.566. The van der Waals surface area contributed by atoms with Gasteiger partial charge in [0.15, 0.2) is 0 Å². The summed E-state index contributed by atoms with van der Waals surface area (Å²) in [5.41, 5.74) is 0.